The third kappa shape index (κ3) is 3.80. The Morgan fingerprint density at radius 3 is 2.60 bits per heavy atom. The second-order valence-corrected chi connectivity index (χ2v) is 7.35. The van der Waals surface area contributed by atoms with Crippen LogP contribution in [0.5, 0.6) is 0 Å². The molecule has 0 radical (unpaired) electrons. The largest absolute Gasteiger partial charge is 0.397 e. The number of hydrogen-bond donors (Lipinski definition) is 2. The zero-order valence-corrected chi connectivity index (χ0v) is 14.0. The highest BCUT2D eigenvalue weighted by Crippen LogP contribution is 2.28. The number of rotatable bonds is 7. The zero-order valence-electron chi connectivity index (χ0n) is 12.4. The summed E-state index contributed by atoms with van der Waals surface area (Å²) in [7, 11) is -0.102. The van der Waals surface area contributed by atoms with Crippen LogP contribution < -0.4 is 15.4 Å². The number of benzene rings is 1. The van der Waals surface area contributed by atoms with Crippen LogP contribution >= 0.6 is 11.8 Å². The van der Waals surface area contributed by atoms with E-state index in [1.165, 1.54) is 13.1 Å². The first-order valence-corrected chi connectivity index (χ1v) is 9.29. The van der Waals surface area contributed by atoms with E-state index in [0.717, 1.165) is 17.9 Å². The molecular formula is C13H23N3O2S2. The molecule has 0 aromatic heterocycles. The van der Waals surface area contributed by atoms with Gasteiger partial charge in [-0.3, -0.25) is 0 Å². The molecule has 5 nitrogen and oxygen atoms in total. The van der Waals surface area contributed by atoms with Crippen LogP contribution in [0.25, 0.3) is 0 Å². The third-order valence-electron chi connectivity index (χ3n) is 3.34. The summed E-state index contributed by atoms with van der Waals surface area (Å²) in [6, 6.07) is 5.11. The molecule has 0 saturated carbocycles. The van der Waals surface area contributed by atoms with Gasteiger partial charge in [-0.1, -0.05) is 6.92 Å². The van der Waals surface area contributed by atoms with Crippen LogP contribution in [-0.4, -0.2) is 40.6 Å². The highest BCUT2D eigenvalue weighted by Gasteiger charge is 2.18. The topological polar surface area (TPSA) is 75.4 Å². The number of nitrogens with zero attached hydrogens (tertiary/aromatic N) is 1. The number of sulfonamides is 1. The van der Waals surface area contributed by atoms with E-state index in [1.54, 1.807) is 23.9 Å². The van der Waals surface area contributed by atoms with Crippen molar-refractivity contribution in [1.82, 2.24) is 4.72 Å². The van der Waals surface area contributed by atoms with Crippen molar-refractivity contribution in [1.29, 1.82) is 0 Å². The van der Waals surface area contributed by atoms with E-state index in [1.807, 2.05) is 7.05 Å². The molecular weight excluding hydrogens is 294 g/mol. The normalized spacial score (nSPS) is 13.2. The molecule has 1 atom stereocenters. The summed E-state index contributed by atoms with van der Waals surface area (Å²) in [4.78, 5) is 2.29. The standard InChI is InChI=1S/C13H23N3O2S2/c1-5-10(9-19-4)16(3)13-8-11(6-7-12(13)14)20(17,18)15-2/h6-8,10,15H,5,9,14H2,1-4H3. The maximum absolute atomic E-state index is 11.9. The van der Waals surface area contributed by atoms with Crippen LogP contribution in [0.15, 0.2) is 23.1 Å². The van der Waals surface area contributed by atoms with Gasteiger partial charge in [0.1, 0.15) is 0 Å². The highest BCUT2D eigenvalue weighted by molar-refractivity contribution is 7.98. The van der Waals surface area contributed by atoms with Crippen molar-refractivity contribution in [2.75, 3.05) is 36.7 Å². The maximum Gasteiger partial charge on any atom is 0.240 e. The molecule has 0 spiro atoms. The lowest BCUT2D eigenvalue weighted by Crippen LogP contribution is -2.34. The summed E-state index contributed by atoms with van der Waals surface area (Å²) in [5.74, 6) is 0.968. The van der Waals surface area contributed by atoms with E-state index < -0.39 is 10.0 Å². The van der Waals surface area contributed by atoms with E-state index in [2.05, 4.69) is 22.8 Å². The molecule has 0 heterocycles. The molecule has 1 rings (SSSR count). The Morgan fingerprint density at radius 1 is 1.45 bits per heavy atom. The molecule has 1 aromatic rings. The van der Waals surface area contributed by atoms with Crippen LogP contribution in [0.3, 0.4) is 0 Å². The van der Waals surface area contributed by atoms with Gasteiger partial charge in [0, 0.05) is 18.8 Å². The lowest BCUT2D eigenvalue weighted by Gasteiger charge is -2.30. The Kier molecular flexibility index (Phi) is 6.16. The van der Waals surface area contributed by atoms with Gasteiger partial charge >= 0.3 is 0 Å². The van der Waals surface area contributed by atoms with Gasteiger partial charge in [0.05, 0.1) is 16.3 Å². The molecule has 0 aliphatic heterocycles. The Bertz CT molecular complexity index is 547. The summed E-state index contributed by atoms with van der Waals surface area (Å²) in [6.07, 6.45) is 3.03. The quantitative estimate of drug-likeness (QED) is 0.750. The van der Waals surface area contributed by atoms with Crippen molar-refractivity contribution in [2.24, 2.45) is 0 Å². The van der Waals surface area contributed by atoms with Crippen molar-refractivity contribution in [3.05, 3.63) is 18.2 Å². The predicted molar refractivity (Wildman–Crippen MR) is 88.0 cm³/mol. The van der Waals surface area contributed by atoms with E-state index in [4.69, 9.17) is 5.73 Å². The number of thioether (sulfide) groups is 1. The second kappa shape index (κ2) is 7.19. The minimum atomic E-state index is -3.45. The Hall–Kier alpha value is -0.920. The van der Waals surface area contributed by atoms with Gasteiger partial charge in [0.2, 0.25) is 10.0 Å². The fraction of sp³-hybridized carbons (Fsp3) is 0.538. The number of nitrogens with one attached hydrogen (secondary N) is 1. The summed E-state index contributed by atoms with van der Waals surface area (Å²) in [6.45, 7) is 2.11. The summed E-state index contributed by atoms with van der Waals surface area (Å²) in [5, 5.41) is 0. The first-order chi connectivity index (χ1) is 9.37. The first-order valence-electron chi connectivity index (χ1n) is 6.42. The minimum absolute atomic E-state index is 0.232. The third-order valence-corrected chi connectivity index (χ3v) is 5.47. The van der Waals surface area contributed by atoms with E-state index in [-0.39, 0.29) is 4.90 Å². The van der Waals surface area contributed by atoms with E-state index >= 15 is 0 Å². The Labute approximate surface area is 126 Å². The van der Waals surface area contributed by atoms with Crippen LogP contribution in [-0.2, 0) is 10.0 Å². The van der Waals surface area contributed by atoms with Crippen molar-refractivity contribution in [3.63, 3.8) is 0 Å². The molecule has 0 aliphatic carbocycles. The van der Waals surface area contributed by atoms with E-state index in [0.29, 0.717) is 11.7 Å². The number of hydrogen-bond acceptors (Lipinski definition) is 5. The van der Waals surface area contributed by atoms with Crippen LogP contribution in [0.1, 0.15) is 13.3 Å². The van der Waals surface area contributed by atoms with E-state index in [9.17, 15) is 8.42 Å². The average molecular weight is 317 g/mol. The SMILES string of the molecule is CCC(CSC)N(C)c1cc(S(=O)(=O)NC)ccc1N. The predicted octanol–water partition coefficient (Wildman–Crippen LogP) is 1.75. The maximum atomic E-state index is 11.9. The Morgan fingerprint density at radius 2 is 2.10 bits per heavy atom. The molecule has 0 fully saturated rings. The molecule has 3 N–H and O–H groups in total. The van der Waals surface area contributed by atoms with Gasteiger partial charge in [0.25, 0.3) is 0 Å². The van der Waals surface area contributed by atoms with Gasteiger partial charge < -0.3 is 10.6 Å². The number of nitrogen functional groups attached to an aromatic ring is 1. The van der Waals surface area contributed by atoms with Crippen molar-refractivity contribution < 1.29 is 8.42 Å². The van der Waals surface area contributed by atoms with Gasteiger partial charge in [-0.15, -0.1) is 0 Å². The lowest BCUT2D eigenvalue weighted by molar-refractivity contribution is 0.588. The molecule has 1 unspecified atom stereocenters. The van der Waals surface area contributed by atoms with Crippen molar-refractivity contribution in [3.8, 4) is 0 Å². The van der Waals surface area contributed by atoms with Gasteiger partial charge in [-0.25, -0.2) is 13.1 Å². The fourth-order valence-corrected chi connectivity index (χ4v) is 3.60. The molecule has 7 heteroatoms. The fourth-order valence-electron chi connectivity index (χ4n) is 2.01. The number of nitrogens with two attached hydrogens (primary N) is 1. The minimum Gasteiger partial charge on any atom is -0.397 e. The zero-order chi connectivity index (χ0) is 15.3. The summed E-state index contributed by atoms with van der Waals surface area (Å²) < 4.78 is 26.1. The van der Waals surface area contributed by atoms with Crippen LogP contribution in [0.4, 0.5) is 11.4 Å². The summed E-state index contributed by atoms with van der Waals surface area (Å²) >= 11 is 1.76. The second-order valence-electron chi connectivity index (χ2n) is 4.56. The molecule has 0 amide bonds. The smallest absolute Gasteiger partial charge is 0.240 e. The van der Waals surface area contributed by atoms with Crippen LogP contribution in [0.2, 0.25) is 0 Å². The lowest BCUT2D eigenvalue weighted by atomic mass is 10.2. The average Bonchev–Trinajstić information content (AvgIpc) is 2.44. The molecule has 114 valence electrons. The molecule has 20 heavy (non-hydrogen) atoms. The van der Waals surface area contributed by atoms with Crippen molar-refractivity contribution >= 4 is 33.2 Å². The van der Waals surface area contributed by atoms with Gasteiger partial charge in [-0.05, 0) is 37.9 Å². The Balaban J connectivity index is 3.20. The molecule has 0 saturated heterocycles. The monoisotopic (exact) mass is 317 g/mol. The van der Waals surface area contributed by atoms with Crippen molar-refractivity contribution in [2.45, 2.75) is 24.3 Å². The highest BCUT2D eigenvalue weighted by atomic mass is 32.2. The van der Waals surface area contributed by atoms with Gasteiger partial charge in [0.15, 0.2) is 0 Å². The number of anilines is 2. The molecule has 1 aromatic carbocycles. The van der Waals surface area contributed by atoms with Crippen LogP contribution in [0, 0.1) is 0 Å². The molecule has 0 aliphatic rings. The first kappa shape index (κ1) is 17.1. The molecule has 0 bridgehead atoms. The summed E-state index contributed by atoms with van der Waals surface area (Å²) in [5.41, 5.74) is 7.34. The van der Waals surface area contributed by atoms with Gasteiger partial charge in [-0.2, -0.15) is 11.8 Å².